The monoisotopic (exact) mass is 1880 g/mol. The van der Waals surface area contributed by atoms with Crippen molar-refractivity contribution in [1.82, 2.24) is 61.9 Å². The molecule has 5 aliphatic rings. The van der Waals surface area contributed by atoms with Crippen LogP contribution in [0.2, 0.25) is 5.02 Å². The van der Waals surface area contributed by atoms with Crippen LogP contribution in [-0.2, 0) is 85.6 Å². The number of nitrogens with zero attached hydrogens (tertiary/aromatic N) is 6. The molecular formula is C106H101ClN12O17S. The molecule has 31 heteroatoms. The Bertz CT molecular complexity index is 6990. The highest BCUT2D eigenvalue weighted by Crippen LogP contribution is 2.34. The molecule has 0 atom stereocenters. The smallest absolute Gasteiger partial charge is 0.274 e. The van der Waals surface area contributed by atoms with Crippen molar-refractivity contribution in [2.75, 3.05) is 32.7 Å². The Morgan fingerprint density at radius 2 is 0.876 bits per heavy atom. The van der Waals surface area contributed by atoms with Gasteiger partial charge in [0, 0.05) is 148 Å². The number of thiophene rings is 1. The predicted molar refractivity (Wildman–Crippen MR) is 516 cm³/mol. The van der Waals surface area contributed by atoms with Crippen LogP contribution >= 0.6 is 22.9 Å². The average molecular weight is 1880 g/mol. The molecule has 0 saturated heterocycles. The van der Waals surface area contributed by atoms with Gasteiger partial charge in [-0.2, -0.15) is 0 Å². The Hall–Kier alpha value is -15.2. The van der Waals surface area contributed by atoms with Gasteiger partial charge in [0.25, 0.3) is 53.2 Å². The fraction of sp³-hybridized carbons (Fsp3) is 0.226. The van der Waals surface area contributed by atoms with Crippen molar-refractivity contribution in [3.8, 4) is 0 Å². The highest BCUT2D eigenvalue weighted by atomic mass is 35.5. The molecule has 0 saturated carbocycles. The van der Waals surface area contributed by atoms with E-state index in [0.717, 1.165) is 179 Å². The molecule has 0 aliphatic carbocycles. The van der Waals surface area contributed by atoms with E-state index in [2.05, 4.69) is 16.0 Å². The minimum atomic E-state index is -0.556. The number of aromatic amines is 1. The first-order chi connectivity index (χ1) is 66.4. The molecule has 11 N–H and O–H groups in total. The molecule has 0 unspecified atom stereocenters. The third kappa shape index (κ3) is 23.8. The summed E-state index contributed by atoms with van der Waals surface area (Å²) in [4.78, 5) is 152. The van der Waals surface area contributed by atoms with Crippen LogP contribution in [-0.4, -0.2) is 158 Å². The zero-order valence-electron chi connectivity index (χ0n) is 75.3. The molecule has 19 rings (SSSR count). The minimum absolute atomic E-state index is 0.0156. The number of nitrogens with one attached hydrogen (secondary N) is 6. The van der Waals surface area contributed by atoms with Gasteiger partial charge in [0.2, 0.25) is 5.91 Å². The van der Waals surface area contributed by atoms with Crippen LogP contribution in [0.4, 0.5) is 0 Å². The first-order valence-electron chi connectivity index (χ1n) is 45.0. The number of hydrogen-bond donors (Lipinski definition) is 11. The van der Waals surface area contributed by atoms with Gasteiger partial charge in [0.15, 0.2) is 0 Å². The van der Waals surface area contributed by atoms with Crippen molar-refractivity contribution in [3.63, 3.8) is 0 Å². The molecule has 10 amide bonds. The first kappa shape index (κ1) is 96.4. The van der Waals surface area contributed by atoms with Gasteiger partial charge in [0.05, 0.1) is 23.8 Å². The lowest BCUT2D eigenvalue weighted by molar-refractivity contribution is -0.131. The van der Waals surface area contributed by atoms with Crippen LogP contribution in [0.25, 0.3) is 48.9 Å². The number of hydrogen-bond acceptors (Lipinski definition) is 19. The molecule has 29 nitrogen and oxygen atoms in total. The molecule has 14 aromatic rings. The topological polar surface area (TPSA) is 407 Å². The second-order valence-corrected chi connectivity index (χ2v) is 35.6. The highest BCUT2D eigenvalue weighted by Gasteiger charge is 2.30. The molecule has 10 aromatic carbocycles. The summed E-state index contributed by atoms with van der Waals surface area (Å²) in [5, 5.41) is 50.7. The zero-order valence-corrected chi connectivity index (χ0v) is 76.8. The van der Waals surface area contributed by atoms with E-state index in [1.165, 1.54) is 6.92 Å². The number of aryl methyl sites for hydroxylation is 6. The number of carbonyl (C=O) groups is 11. The van der Waals surface area contributed by atoms with Gasteiger partial charge in [-0.3, -0.25) is 83.8 Å². The summed E-state index contributed by atoms with van der Waals surface area (Å²) in [6.45, 7) is 9.14. The van der Waals surface area contributed by atoms with Crippen LogP contribution < -0.4 is 27.4 Å². The number of hydroxylamine groups is 5. The first-order valence-corrected chi connectivity index (χ1v) is 46.2. The number of benzene rings is 10. The van der Waals surface area contributed by atoms with E-state index < -0.39 is 29.5 Å². The van der Waals surface area contributed by atoms with Crippen molar-refractivity contribution in [2.45, 2.75) is 124 Å². The van der Waals surface area contributed by atoms with Crippen molar-refractivity contribution in [2.24, 2.45) is 0 Å². The van der Waals surface area contributed by atoms with E-state index in [1.54, 1.807) is 129 Å². The van der Waals surface area contributed by atoms with Crippen molar-refractivity contribution >= 4 is 137 Å². The number of Topliss-reactive ketones (excluding diaryl/α,β-unsaturated/α-hetero) is 1. The number of furan rings is 1. The number of para-hydroxylation sites is 1. The third-order valence-corrected chi connectivity index (χ3v) is 26.1. The van der Waals surface area contributed by atoms with Crippen LogP contribution in [0, 0.1) is 6.92 Å². The fourth-order valence-corrected chi connectivity index (χ4v) is 18.9. The van der Waals surface area contributed by atoms with E-state index >= 15 is 0 Å². The van der Waals surface area contributed by atoms with Crippen molar-refractivity contribution in [3.05, 3.63) is 364 Å². The number of carbonyl (C=O) groups excluding carboxylic acids is 11. The Morgan fingerprint density at radius 1 is 0.431 bits per heavy atom. The number of rotatable bonds is 14. The molecule has 0 bridgehead atoms. The summed E-state index contributed by atoms with van der Waals surface area (Å²) in [7, 11) is 0. The van der Waals surface area contributed by atoms with Crippen LogP contribution in [0.15, 0.2) is 246 Å². The average Bonchev–Trinajstić information content (AvgIpc) is 1.72. The lowest BCUT2D eigenvalue weighted by Crippen LogP contribution is -2.32. The summed E-state index contributed by atoms with van der Waals surface area (Å²) >= 11 is 7.74. The lowest BCUT2D eigenvalue weighted by atomic mass is 10.0. The number of ketones is 1. The maximum Gasteiger partial charge on any atom is 0.274 e. The molecule has 0 spiro atoms. The molecule has 9 heterocycles. The number of pyridine rings is 1. The summed E-state index contributed by atoms with van der Waals surface area (Å²) in [5.74, 6) is -2.86. The van der Waals surface area contributed by atoms with Gasteiger partial charge in [-0.05, 0) is 295 Å². The maximum atomic E-state index is 13.2. The van der Waals surface area contributed by atoms with Crippen LogP contribution in [0.3, 0.4) is 0 Å². The van der Waals surface area contributed by atoms with Gasteiger partial charge in [-0.25, -0.2) is 27.4 Å². The molecule has 4 aromatic heterocycles. The Morgan fingerprint density at radius 3 is 1.38 bits per heavy atom. The van der Waals surface area contributed by atoms with E-state index in [1.807, 2.05) is 177 Å². The Labute approximate surface area is 797 Å². The summed E-state index contributed by atoms with van der Waals surface area (Å²) in [6, 6.07) is 66.6. The number of fused-ring (bicyclic) bond motifs is 9. The van der Waals surface area contributed by atoms with E-state index in [-0.39, 0.29) is 41.7 Å². The van der Waals surface area contributed by atoms with Crippen molar-refractivity contribution in [1.29, 1.82) is 0 Å². The fourth-order valence-electron chi connectivity index (χ4n) is 17.8. The molecular weight excluding hydrogens is 1780 g/mol. The van der Waals surface area contributed by atoms with Crippen molar-refractivity contribution < 1.29 is 83.2 Å². The summed E-state index contributed by atoms with van der Waals surface area (Å²) in [6.07, 6.45) is 13.4. The number of amides is 10. The van der Waals surface area contributed by atoms with Crippen LogP contribution in [0.5, 0.6) is 0 Å². The maximum absolute atomic E-state index is 13.2. The third-order valence-electron chi connectivity index (χ3n) is 24.9. The molecule has 137 heavy (non-hydrogen) atoms. The standard InChI is InChI=1S/C23H24N2O4.C21H19ClN2O3S.C21H21N3O3.C21H19N3O3.C20H18N2O4/c1-16(26)12-21(13-17-6-3-2-4-7-17)23(28)25-11-5-8-18-14-19(22(27)24-29)9-10-20(18)15-25;22-17-5-6-19-18(10-17)16(12-28-19)9-20(25)24-7-1-2-13-8-14(21(26)23-27)3-4-15(13)11-24;1-13-4-7-18-17(9-13)11-19(22-18)21(26)24-8-2-3-14-10-15(20(25)23-27)5-6-16(14)12-24;25-20(23-27)16-7-8-17-13-24(9-3-5-14(17)10-16)21(26)18-11-15-4-1-2-6-19(15)22-12-18;23-19(21-25)15-3-4-17-12-22(8-1-2-13(17)10-15)20(24)16-5-6-18-14(11-16)7-9-26-18/h2-4,6-7,9-10,13-14,29H,5,8,11-12,15H2,1H3,(H,24,27);3-6,8,10,12,27H,1-2,7,9,11H2,(H,23,26);4-7,9-11,22,27H,2-3,8,12H2,1H3,(H,23,25);1-2,4,6-8,10-12,27H,3,5,9,13H2,(H,23,25);3-7,9-11,25H,1-2,8,12H2,(H,21,23)/b21-13+;;;;. The quantitative estimate of drug-likeness (QED) is 0.0274. The van der Waals surface area contributed by atoms with E-state index in [0.29, 0.717) is 127 Å². The number of halogens is 1. The van der Waals surface area contributed by atoms with Crippen LogP contribution in [0.1, 0.15) is 201 Å². The van der Waals surface area contributed by atoms with Gasteiger partial charge < -0.3 is 33.9 Å². The largest absolute Gasteiger partial charge is 0.464 e. The van der Waals surface area contributed by atoms with E-state index in [9.17, 15) is 52.7 Å². The van der Waals surface area contributed by atoms with Gasteiger partial charge in [-0.1, -0.05) is 102 Å². The molecule has 700 valence electrons. The Balaban J connectivity index is 0.000000130. The predicted octanol–water partition coefficient (Wildman–Crippen LogP) is 16.6. The normalized spacial score (nSPS) is 13.9. The van der Waals surface area contributed by atoms with Gasteiger partial charge in [0.1, 0.15) is 17.1 Å². The summed E-state index contributed by atoms with van der Waals surface area (Å²) in [5.41, 5.74) is 28.5. The Kier molecular flexibility index (Phi) is 31.5. The molecule has 0 fully saturated rings. The molecule has 5 aliphatic heterocycles. The SMILES string of the molecule is CC(=O)C/C(=C\c1ccccc1)C(=O)N1CCCc2cc(C(=O)NO)ccc2C1.Cc1ccc2[nH]c(C(=O)N3CCCc4cc(C(=O)NO)ccc4C3)cc2c1.O=C(NO)c1ccc2c(c1)CCCN(C(=O)Cc1csc3ccc(Cl)cc13)C2.O=C(NO)c1ccc2c(c1)CCCN(C(=O)c1ccc3occc3c1)C2.O=C(NO)c1ccc2c(c1)CCCN(C(=O)c1cnc3ccccc3c1)C2. The van der Waals surface area contributed by atoms with E-state index in [4.69, 9.17) is 42.1 Å². The lowest BCUT2D eigenvalue weighted by Gasteiger charge is -2.22. The van der Waals surface area contributed by atoms with Gasteiger partial charge >= 0.3 is 0 Å². The second kappa shape index (κ2) is 44.8. The minimum Gasteiger partial charge on any atom is -0.464 e. The number of aromatic nitrogens is 2. The van der Waals surface area contributed by atoms with Gasteiger partial charge in [-0.15, -0.1) is 11.3 Å². The second-order valence-electron chi connectivity index (χ2n) is 34.3. The highest BCUT2D eigenvalue weighted by molar-refractivity contribution is 7.17. The summed E-state index contributed by atoms with van der Waals surface area (Å²) < 4.78 is 6.46. The molecule has 0 radical (unpaired) electrons. The number of H-pyrrole nitrogens is 1. The zero-order chi connectivity index (χ0) is 96.3.